The van der Waals surface area contributed by atoms with Crippen LogP contribution in [0, 0.1) is 0 Å². The molecule has 1 aromatic rings. The van der Waals surface area contributed by atoms with Gasteiger partial charge in [0.1, 0.15) is 11.9 Å². The number of hydrogen-bond donors (Lipinski definition) is 0. The van der Waals surface area contributed by atoms with Crippen molar-refractivity contribution in [3.63, 3.8) is 0 Å². The van der Waals surface area contributed by atoms with E-state index >= 15 is 0 Å². The van der Waals surface area contributed by atoms with Crippen LogP contribution >= 0.6 is 0 Å². The average Bonchev–Trinajstić information content (AvgIpc) is 2.37. The van der Waals surface area contributed by atoms with Gasteiger partial charge >= 0.3 is 5.97 Å². The second-order valence-electron chi connectivity index (χ2n) is 4.51. The first-order chi connectivity index (χ1) is 9.11. The predicted molar refractivity (Wildman–Crippen MR) is 69.3 cm³/mol. The maximum Gasteiger partial charge on any atom is 0.379 e. The second kappa shape index (κ2) is 5.84. The lowest BCUT2D eigenvalue weighted by atomic mass is 10.1. The Morgan fingerprint density at radius 2 is 2.00 bits per heavy atom. The van der Waals surface area contributed by atoms with E-state index in [1.54, 1.807) is 31.2 Å². The average molecular weight is 263 g/mol. The SMILES string of the molecule is CCOC(=O)C(=O)c1ccccc1OC1CN(C)C1. The van der Waals surface area contributed by atoms with Gasteiger partial charge in [-0.1, -0.05) is 12.1 Å². The van der Waals surface area contributed by atoms with E-state index in [2.05, 4.69) is 4.90 Å². The Bertz CT molecular complexity index is 480. The lowest BCUT2D eigenvalue weighted by molar-refractivity contribution is -0.137. The first kappa shape index (κ1) is 13.5. The van der Waals surface area contributed by atoms with Crippen LogP contribution in [-0.2, 0) is 9.53 Å². The van der Waals surface area contributed by atoms with Gasteiger partial charge in [-0.25, -0.2) is 4.79 Å². The number of likely N-dealkylation sites (tertiary alicyclic amines) is 1. The van der Waals surface area contributed by atoms with Gasteiger partial charge in [0.25, 0.3) is 5.78 Å². The lowest BCUT2D eigenvalue weighted by Crippen LogP contribution is -2.51. The van der Waals surface area contributed by atoms with Crippen LogP contribution in [0.5, 0.6) is 5.75 Å². The highest BCUT2D eigenvalue weighted by Crippen LogP contribution is 2.22. The molecule has 102 valence electrons. The molecular weight excluding hydrogens is 246 g/mol. The number of nitrogens with zero attached hydrogens (tertiary/aromatic N) is 1. The molecule has 0 aliphatic carbocycles. The molecule has 1 saturated heterocycles. The molecule has 1 aliphatic heterocycles. The van der Waals surface area contributed by atoms with Crippen molar-refractivity contribution in [2.75, 3.05) is 26.7 Å². The van der Waals surface area contributed by atoms with Crippen molar-refractivity contribution < 1.29 is 19.1 Å². The Morgan fingerprint density at radius 3 is 2.63 bits per heavy atom. The van der Waals surface area contributed by atoms with E-state index in [0.29, 0.717) is 5.75 Å². The molecule has 0 unspecified atom stereocenters. The molecule has 0 spiro atoms. The Labute approximate surface area is 112 Å². The van der Waals surface area contributed by atoms with E-state index in [4.69, 9.17) is 9.47 Å². The number of esters is 1. The quantitative estimate of drug-likeness (QED) is 0.453. The van der Waals surface area contributed by atoms with E-state index in [0.717, 1.165) is 13.1 Å². The third-order valence-corrected chi connectivity index (χ3v) is 2.92. The second-order valence-corrected chi connectivity index (χ2v) is 4.51. The number of carbonyl (C=O) groups excluding carboxylic acids is 2. The van der Waals surface area contributed by atoms with Crippen molar-refractivity contribution in [3.05, 3.63) is 29.8 Å². The minimum absolute atomic E-state index is 0.0705. The van der Waals surface area contributed by atoms with Gasteiger partial charge in [-0.3, -0.25) is 9.69 Å². The molecule has 2 rings (SSSR count). The zero-order valence-corrected chi connectivity index (χ0v) is 11.1. The number of ether oxygens (including phenoxy) is 2. The summed E-state index contributed by atoms with van der Waals surface area (Å²) in [6.07, 6.45) is 0.0705. The third kappa shape index (κ3) is 3.12. The molecule has 5 heteroatoms. The molecule has 0 N–H and O–H groups in total. The highest BCUT2D eigenvalue weighted by atomic mass is 16.5. The van der Waals surface area contributed by atoms with Gasteiger partial charge in [0.05, 0.1) is 12.2 Å². The maximum atomic E-state index is 11.9. The van der Waals surface area contributed by atoms with Crippen molar-refractivity contribution in [2.24, 2.45) is 0 Å². The Kier molecular flexibility index (Phi) is 4.16. The van der Waals surface area contributed by atoms with Crippen LogP contribution in [0.2, 0.25) is 0 Å². The Balaban J connectivity index is 2.11. The van der Waals surface area contributed by atoms with Crippen LogP contribution in [0.25, 0.3) is 0 Å². The summed E-state index contributed by atoms with van der Waals surface area (Å²) in [5, 5.41) is 0. The summed E-state index contributed by atoms with van der Waals surface area (Å²) >= 11 is 0. The zero-order chi connectivity index (χ0) is 13.8. The molecular formula is C14H17NO4. The van der Waals surface area contributed by atoms with Crippen molar-refractivity contribution in [3.8, 4) is 5.75 Å². The summed E-state index contributed by atoms with van der Waals surface area (Å²) in [5.74, 6) is -1.06. The van der Waals surface area contributed by atoms with E-state index in [-0.39, 0.29) is 18.3 Å². The molecule has 0 atom stereocenters. The summed E-state index contributed by atoms with van der Waals surface area (Å²) in [4.78, 5) is 25.5. The smallest absolute Gasteiger partial charge is 0.379 e. The maximum absolute atomic E-state index is 11.9. The number of para-hydroxylation sites is 1. The van der Waals surface area contributed by atoms with Gasteiger partial charge in [0.15, 0.2) is 0 Å². The fourth-order valence-electron chi connectivity index (χ4n) is 1.96. The monoisotopic (exact) mass is 263 g/mol. The molecule has 19 heavy (non-hydrogen) atoms. The highest BCUT2D eigenvalue weighted by Gasteiger charge is 2.28. The number of benzene rings is 1. The standard InChI is InChI=1S/C14H17NO4/c1-3-18-14(17)13(16)11-6-4-5-7-12(11)19-10-8-15(2)9-10/h4-7,10H,3,8-9H2,1-2H3. The molecule has 0 aromatic heterocycles. The van der Waals surface area contributed by atoms with Crippen molar-refractivity contribution in [1.82, 2.24) is 4.90 Å². The normalized spacial score (nSPS) is 15.7. The molecule has 1 aromatic carbocycles. The van der Waals surface area contributed by atoms with E-state index < -0.39 is 11.8 Å². The van der Waals surface area contributed by atoms with Crippen LogP contribution in [0.15, 0.2) is 24.3 Å². The highest BCUT2D eigenvalue weighted by molar-refractivity contribution is 6.41. The minimum Gasteiger partial charge on any atom is -0.487 e. The zero-order valence-electron chi connectivity index (χ0n) is 11.1. The van der Waals surface area contributed by atoms with Gasteiger partial charge < -0.3 is 9.47 Å². The van der Waals surface area contributed by atoms with E-state index in [9.17, 15) is 9.59 Å². The fourth-order valence-corrected chi connectivity index (χ4v) is 1.96. The Morgan fingerprint density at radius 1 is 1.32 bits per heavy atom. The summed E-state index contributed by atoms with van der Waals surface area (Å²) in [6.45, 7) is 3.49. The minimum atomic E-state index is -0.843. The third-order valence-electron chi connectivity index (χ3n) is 2.92. The van der Waals surface area contributed by atoms with Gasteiger partial charge in [0.2, 0.25) is 0 Å². The van der Waals surface area contributed by atoms with Crippen LogP contribution in [0.3, 0.4) is 0 Å². The molecule has 1 aliphatic rings. The molecule has 1 fully saturated rings. The summed E-state index contributed by atoms with van der Waals surface area (Å²) in [5.41, 5.74) is 0.260. The van der Waals surface area contributed by atoms with Crippen molar-refractivity contribution in [1.29, 1.82) is 0 Å². The number of hydrogen-bond acceptors (Lipinski definition) is 5. The van der Waals surface area contributed by atoms with Gasteiger partial charge in [-0.15, -0.1) is 0 Å². The van der Waals surface area contributed by atoms with E-state index in [1.807, 2.05) is 7.05 Å². The van der Waals surface area contributed by atoms with Crippen molar-refractivity contribution >= 4 is 11.8 Å². The number of ketones is 1. The first-order valence-electron chi connectivity index (χ1n) is 6.27. The first-order valence-corrected chi connectivity index (χ1v) is 6.27. The molecule has 0 radical (unpaired) electrons. The largest absolute Gasteiger partial charge is 0.487 e. The molecule has 0 amide bonds. The van der Waals surface area contributed by atoms with Gasteiger partial charge in [-0.05, 0) is 26.1 Å². The van der Waals surface area contributed by atoms with Crippen LogP contribution in [-0.4, -0.2) is 49.5 Å². The topological polar surface area (TPSA) is 55.8 Å². The lowest BCUT2D eigenvalue weighted by Gasteiger charge is -2.36. The van der Waals surface area contributed by atoms with Crippen LogP contribution in [0.4, 0.5) is 0 Å². The fraction of sp³-hybridized carbons (Fsp3) is 0.429. The molecule has 5 nitrogen and oxygen atoms in total. The number of Topliss-reactive ketones (excluding diaryl/α,β-unsaturated/α-hetero) is 1. The molecule has 0 saturated carbocycles. The van der Waals surface area contributed by atoms with Crippen LogP contribution < -0.4 is 4.74 Å². The molecule has 1 heterocycles. The Hall–Kier alpha value is -1.88. The summed E-state index contributed by atoms with van der Waals surface area (Å²) in [7, 11) is 2.00. The van der Waals surface area contributed by atoms with Crippen molar-refractivity contribution in [2.45, 2.75) is 13.0 Å². The van der Waals surface area contributed by atoms with E-state index in [1.165, 1.54) is 0 Å². The number of likely N-dealkylation sites (N-methyl/N-ethyl adjacent to an activating group) is 1. The number of carbonyl (C=O) groups is 2. The number of rotatable bonds is 5. The van der Waals surface area contributed by atoms with Gasteiger partial charge in [-0.2, -0.15) is 0 Å². The molecule has 0 bridgehead atoms. The van der Waals surface area contributed by atoms with Gasteiger partial charge in [0, 0.05) is 13.1 Å². The van der Waals surface area contributed by atoms with Crippen LogP contribution in [0.1, 0.15) is 17.3 Å². The summed E-state index contributed by atoms with van der Waals surface area (Å²) < 4.78 is 10.5. The predicted octanol–water partition coefficient (Wildman–Crippen LogP) is 1.13. The summed E-state index contributed by atoms with van der Waals surface area (Å²) in [6, 6.07) is 6.76.